The standard InChI is InChI=1S/C14H17ClN2S/c1-14(7-3-2-4-12(14)16)13-17-10-8-9(15)5-6-11(10)18-13/h5-6,8,12H,2-4,7,16H2,1H3. The molecular formula is C14H17ClN2S. The lowest BCUT2D eigenvalue weighted by molar-refractivity contribution is 0.271. The minimum atomic E-state index is 0.0361. The molecule has 0 saturated heterocycles. The monoisotopic (exact) mass is 280 g/mol. The highest BCUT2D eigenvalue weighted by molar-refractivity contribution is 7.18. The molecule has 1 heterocycles. The minimum absolute atomic E-state index is 0.0361. The molecule has 0 radical (unpaired) electrons. The molecule has 0 bridgehead atoms. The fourth-order valence-electron chi connectivity index (χ4n) is 2.77. The lowest BCUT2D eigenvalue weighted by Gasteiger charge is -2.37. The van der Waals surface area contributed by atoms with Gasteiger partial charge >= 0.3 is 0 Å². The van der Waals surface area contributed by atoms with Crippen LogP contribution >= 0.6 is 22.9 Å². The predicted molar refractivity (Wildman–Crippen MR) is 78.4 cm³/mol. The van der Waals surface area contributed by atoms with Gasteiger partial charge in [-0.25, -0.2) is 4.98 Å². The maximum absolute atomic E-state index is 6.34. The largest absolute Gasteiger partial charge is 0.327 e. The van der Waals surface area contributed by atoms with Crippen LogP contribution in [0, 0.1) is 0 Å². The van der Waals surface area contributed by atoms with Crippen molar-refractivity contribution in [2.45, 2.75) is 44.1 Å². The summed E-state index contributed by atoms with van der Waals surface area (Å²) in [5.74, 6) is 0. The van der Waals surface area contributed by atoms with Gasteiger partial charge in [0.1, 0.15) is 5.01 Å². The quantitative estimate of drug-likeness (QED) is 0.854. The molecule has 2 aromatic rings. The fraction of sp³-hybridized carbons (Fsp3) is 0.500. The Bertz CT molecular complexity index is 580. The third-order valence-corrected chi connectivity index (χ3v) is 5.67. The van der Waals surface area contributed by atoms with Crippen molar-refractivity contribution in [1.29, 1.82) is 0 Å². The molecule has 2 atom stereocenters. The number of rotatable bonds is 1. The van der Waals surface area contributed by atoms with Crippen LogP contribution < -0.4 is 5.73 Å². The average molecular weight is 281 g/mol. The number of halogens is 1. The molecule has 18 heavy (non-hydrogen) atoms. The second kappa shape index (κ2) is 4.48. The van der Waals surface area contributed by atoms with Gasteiger partial charge < -0.3 is 5.73 Å². The molecule has 1 fully saturated rings. The summed E-state index contributed by atoms with van der Waals surface area (Å²) >= 11 is 7.78. The molecule has 1 aliphatic carbocycles. The number of nitrogens with two attached hydrogens (primary N) is 1. The van der Waals surface area contributed by atoms with Crippen molar-refractivity contribution in [2.75, 3.05) is 0 Å². The summed E-state index contributed by atoms with van der Waals surface area (Å²) in [5.41, 5.74) is 7.38. The van der Waals surface area contributed by atoms with E-state index in [9.17, 15) is 0 Å². The van der Waals surface area contributed by atoms with E-state index < -0.39 is 0 Å². The molecule has 2 unspecified atom stereocenters. The topological polar surface area (TPSA) is 38.9 Å². The Balaban J connectivity index is 2.07. The van der Waals surface area contributed by atoms with Gasteiger partial charge in [0.2, 0.25) is 0 Å². The van der Waals surface area contributed by atoms with Crippen LogP contribution in [0.4, 0.5) is 0 Å². The zero-order valence-electron chi connectivity index (χ0n) is 10.4. The SMILES string of the molecule is CC1(c2nc3cc(Cl)ccc3s2)CCCCC1N. The van der Waals surface area contributed by atoms with Gasteiger partial charge in [-0.3, -0.25) is 0 Å². The van der Waals surface area contributed by atoms with Gasteiger partial charge in [-0.05, 0) is 31.0 Å². The second-order valence-corrected chi connectivity index (χ2v) is 6.87. The molecule has 1 aliphatic rings. The first kappa shape index (κ1) is 12.4. The highest BCUT2D eigenvalue weighted by Gasteiger charge is 2.38. The summed E-state index contributed by atoms with van der Waals surface area (Å²) in [6.45, 7) is 2.26. The Morgan fingerprint density at radius 2 is 2.28 bits per heavy atom. The number of fused-ring (bicyclic) bond motifs is 1. The zero-order chi connectivity index (χ0) is 12.8. The Morgan fingerprint density at radius 3 is 3.06 bits per heavy atom. The number of nitrogens with zero attached hydrogens (tertiary/aromatic N) is 1. The van der Waals surface area contributed by atoms with E-state index in [1.807, 2.05) is 12.1 Å². The molecule has 96 valence electrons. The maximum atomic E-state index is 6.34. The first-order valence-electron chi connectivity index (χ1n) is 6.42. The molecule has 2 N–H and O–H groups in total. The Hall–Kier alpha value is -0.640. The molecule has 2 nitrogen and oxygen atoms in total. The smallest absolute Gasteiger partial charge is 0.101 e. The average Bonchev–Trinajstić information content (AvgIpc) is 2.76. The van der Waals surface area contributed by atoms with E-state index in [2.05, 4.69) is 13.0 Å². The third-order valence-electron chi connectivity index (χ3n) is 4.12. The molecule has 0 amide bonds. The van der Waals surface area contributed by atoms with Crippen molar-refractivity contribution in [1.82, 2.24) is 4.98 Å². The van der Waals surface area contributed by atoms with Crippen LogP contribution in [0.1, 0.15) is 37.6 Å². The van der Waals surface area contributed by atoms with Crippen molar-refractivity contribution < 1.29 is 0 Å². The van der Waals surface area contributed by atoms with Gasteiger partial charge in [-0.1, -0.05) is 31.4 Å². The molecule has 0 aliphatic heterocycles. The molecule has 0 spiro atoms. The summed E-state index contributed by atoms with van der Waals surface area (Å²) in [7, 11) is 0. The molecule has 1 aromatic carbocycles. The van der Waals surface area contributed by atoms with Gasteiger partial charge in [-0.2, -0.15) is 0 Å². The van der Waals surface area contributed by atoms with Crippen molar-refractivity contribution >= 4 is 33.2 Å². The van der Waals surface area contributed by atoms with Crippen molar-refractivity contribution in [2.24, 2.45) is 5.73 Å². The fourth-order valence-corrected chi connectivity index (χ4v) is 4.12. The van der Waals surface area contributed by atoms with Crippen LogP contribution in [-0.2, 0) is 5.41 Å². The molecule has 1 aromatic heterocycles. The van der Waals surface area contributed by atoms with E-state index in [1.54, 1.807) is 11.3 Å². The van der Waals surface area contributed by atoms with Gasteiger partial charge in [0.25, 0.3) is 0 Å². The summed E-state index contributed by atoms with van der Waals surface area (Å²) in [6, 6.07) is 6.14. The van der Waals surface area contributed by atoms with Crippen LogP contribution in [0.3, 0.4) is 0 Å². The van der Waals surface area contributed by atoms with Crippen LogP contribution in [0.2, 0.25) is 5.02 Å². The first-order valence-corrected chi connectivity index (χ1v) is 7.61. The second-order valence-electron chi connectivity index (χ2n) is 5.40. The molecular weight excluding hydrogens is 264 g/mol. The van der Waals surface area contributed by atoms with Crippen molar-refractivity contribution in [3.05, 3.63) is 28.2 Å². The van der Waals surface area contributed by atoms with Crippen LogP contribution in [0.25, 0.3) is 10.2 Å². The molecule has 1 saturated carbocycles. The van der Waals surface area contributed by atoms with Crippen LogP contribution in [0.15, 0.2) is 18.2 Å². The van der Waals surface area contributed by atoms with Gasteiger partial charge in [-0.15, -0.1) is 11.3 Å². The molecule has 3 rings (SSSR count). The van der Waals surface area contributed by atoms with E-state index in [4.69, 9.17) is 22.3 Å². The molecule has 4 heteroatoms. The first-order chi connectivity index (χ1) is 8.59. The maximum Gasteiger partial charge on any atom is 0.101 e. The Morgan fingerprint density at radius 1 is 1.44 bits per heavy atom. The summed E-state index contributed by atoms with van der Waals surface area (Å²) in [6.07, 6.45) is 4.74. The minimum Gasteiger partial charge on any atom is -0.327 e. The third kappa shape index (κ3) is 1.94. The van der Waals surface area contributed by atoms with Gasteiger partial charge in [0.05, 0.1) is 10.2 Å². The summed E-state index contributed by atoms with van der Waals surface area (Å²) < 4.78 is 1.20. The highest BCUT2D eigenvalue weighted by Crippen LogP contribution is 2.41. The van der Waals surface area contributed by atoms with E-state index >= 15 is 0 Å². The number of benzene rings is 1. The van der Waals surface area contributed by atoms with Crippen molar-refractivity contribution in [3.8, 4) is 0 Å². The summed E-state index contributed by atoms with van der Waals surface area (Å²) in [4.78, 5) is 4.77. The number of aromatic nitrogens is 1. The number of thiazole rings is 1. The lowest BCUT2D eigenvalue weighted by Crippen LogP contribution is -2.45. The van der Waals surface area contributed by atoms with E-state index in [1.165, 1.54) is 22.5 Å². The van der Waals surface area contributed by atoms with Gasteiger partial charge in [0, 0.05) is 16.5 Å². The number of hydrogen-bond donors (Lipinski definition) is 1. The Kier molecular flexibility index (Phi) is 3.08. The Labute approximate surface area is 116 Å². The predicted octanol–water partition coefficient (Wildman–Crippen LogP) is 4.11. The zero-order valence-corrected chi connectivity index (χ0v) is 12.0. The summed E-state index contributed by atoms with van der Waals surface area (Å²) in [5, 5.41) is 1.92. The van der Waals surface area contributed by atoms with E-state index in [-0.39, 0.29) is 11.5 Å². The van der Waals surface area contributed by atoms with E-state index in [0.717, 1.165) is 23.4 Å². The highest BCUT2D eigenvalue weighted by atomic mass is 35.5. The normalized spacial score (nSPS) is 28.7. The lowest BCUT2D eigenvalue weighted by atomic mass is 9.72. The van der Waals surface area contributed by atoms with Crippen LogP contribution in [-0.4, -0.2) is 11.0 Å². The number of hydrogen-bond acceptors (Lipinski definition) is 3. The van der Waals surface area contributed by atoms with Gasteiger partial charge in [0.15, 0.2) is 0 Å². The van der Waals surface area contributed by atoms with Crippen molar-refractivity contribution in [3.63, 3.8) is 0 Å². The van der Waals surface area contributed by atoms with Crippen LogP contribution in [0.5, 0.6) is 0 Å². The van der Waals surface area contributed by atoms with E-state index in [0.29, 0.717) is 0 Å².